The van der Waals surface area contributed by atoms with Crippen molar-refractivity contribution in [3.63, 3.8) is 0 Å². The average Bonchev–Trinajstić information content (AvgIpc) is 2.86. The Hall–Kier alpha value is -2.47. The van der Waals surface area contributed by atoms with Crippen molar-refractivity contribution in [3.8, 4) is 0 Å². The number of ether oxygens (including phenoxy) is 1. The SMILES string of the molecule is Cc1cc(C)cc(C2=C(c3ccc(S(C)(=O)=O)c(F)c3)COC2=O)c1. The van der Waals surface area contributed by atoms with E-state index < -0.39 is 21.6 Å². The zero-order chi connectivity index (χ0) is 18.4. The van der Waals surface area contributed by atoms with Gasteiger partial charge in [0.05, 0.1) is 5.57 Å². The number of hydrogen-bond donors (Lipinski definition) is 0. The molecule has 6 heteroatoms. The Balaban J connectivity index is 2.18. The van der Waals surface area contributed by atoms with Crippen molar-refractivity contribution in [2.45, 2.75) is 18.7 Å². The second-order valence-corrected chi connectivity index (χ2v) is 8.21. The van der Waals surface area contributed by atoms with Crippen LogP contribution in [0.5, 0.6) is 0 Å². The van der Waals surface area contributed by atoms with Crippen molar-refractivity contribution in [1.29, 1.82) is 0 Å². The molecule has 0 bridgehead atoms. The summed E-state index contributed by atoms with van der Waals surface area (Å²) in [5.41, 5.74) is 4.08. The summed E-state index contributed by atoms with van der Waals surface area (Å²) < 4.78 is 42.5. The lowest BCUT2D eigenvalue weighted by atomic mass is 9.94. The van der Waals surface area contributed by atoms with E-state index in [0.717, 1.165) is 23.4 Å². The normalized spacial score (nSPS) is 14.8. The first kappa shape index (κ1) is 17.4. The predicted octanol–water partition coefficient (Wildman–Crippen LogP) is 3.31. The van der Waals surface area contributed by atoms with Crippen LogP contribution in [0.3, 0.4) is 0 Å². The van der Waals surface area contributed by atoms with Crippen molar-refractivity contribution >= 4 is 27.0 Å². The lowest BCUT2D eigenvalue weighted by Crippen LogP contribution is -2.02. The molecule has 1 heterocycles. The molecule has 0 fully saturated rings. The van der Waals surface area contributed by atoms with Crippen molar-refractivity contribution in [2.24, 2.45) is 0 Å². The van der Waals surface area contributed by atoms with Gasteiger partial charge in [-0.15, -0.1) is 0 Å². The summed E-state index contributed by atoms with van der Waals surface area (Å²) in [5, 5.41) is 0. The second kappa shape index (κ2) is 6.11. The van der Waals surface area contributed by atoms with Crippen LogP contribution in [0, 0.1) is 19.7 Å². The minimum atomic E-state index is -3.65. The molecule has 2 aromatic rings. The lowest BCUT2D eigenvalue weighted by molar-refractivity contribution is -0.133. The zero-order valence-corrected chi connectivity index (χ0v) is 14.9. The van der Waals surface area contributed by atoms with E-state index in [4.69, 9.17) is 4.74 Å². The van der Waals surface area contributed by atoms with Crippen molar-refractivity contribution in [1.82, 2.24) is 0 Å². The molecule has 0 aliphatic carbocycles. The van der Waals surface area contributed by atoms with Gasteiger partial charge in [-0.2, -0.15) is 0 Å². The van der Waals surface area contributed by atoms with Gasteiger partial charge in [-0.25, -0.2) is 17.6 Å². The maximum Gasteiger partial charge on any atom is 0.339 e. The number of carbonyl (C=O) groups is 1. The van der Waals surface area contributed by atoms with Crippen LogP contribution in [-0.4, -0.2) is 27.2 Å². The number of cyclic esters (lactones) is 1. The fourth-order valence-corrected chi connectivity index (χ4v) is 3.76. The van der Waals surface area contributed by atoms with Crippen LogP contribution < -0.4 is 0 Å². The van der Waals surface area contributed by atoms with Crippen LogP contribution in [-0.2, 0) is 19.4 Å². The van der Waals surface area contributed by atoms with Crippen molar-refractivity contribution in [2.75, 3.05) is 12.9 Å². The van der Waals surface area contributed by atoms with Gasteiger partial charge in [0.15, 0.2) is 9.84 Å². The number of sulfone groups is 1. The number of halogens is 1. The topological polar surface area (TPSA) is 60.4 Å². The van der Waals surface area contributed by atoms with Gasteiger partial charge < -0.3 is 4.74 Å². The first-order valence-electron chi connectivity index (χ1n) is 7.66. The van der Waals surface area contributed by atoms with Gasteiger partial charge in [-0.05, 0) is 37.1 Å². The molecule has 0 atom stereocenters. The highest BCUT2D eigenvalue weighted by Crippen LogP contribution is 2.34. The maximum atomic E-state index is 14.2. The lowest BCUT2D eigenvalue weighted by Gasteiger charge is -2.08. The fourth-order valence-electron chi connectivity index (χ4n) is 3.03. The largest absolute Gasteiger partial charge is 0.457 e. The number of hydrogen-bond acceptors (Lipinski definition) is 4. The summed E-state index contributed by atoms with van der Waals surface area (Å²) in [7, 11) is -3.65. The molecule has 4 nitrogen and oxygen atoms in total. The van der Waals surface area contributed by atoms with Gasteiger partial charge in [0.2, 0.25) is 0 Å². The van der Waals surface area contributed by atoms with E-state index in [9.17, 15) is 17.6 Å². The summed E-state index contributed by atoms with van der Waals surface area (Å²) >= 11 is 0. The minimum absolute atomic E-state index is 0.0266. The molecular formula is C19H17FO4S. The molecule has 0 aromatic heterocycles. The molecular weight excluding hydrogens is 343 g/mol. The molecule has 2 aromatic carbocycles. The Kier molecular flexibility index (Phi) is 4.24. The third kappa shape index (κ3) is 3.35. The predicted molar refractivity (Wildman–Crippen MR) is 93.2 cm³/mol. The van der Waals surface area contributed by atoms with Gasteiger partial charge in [-0.3, -0.25) is 0 Å². The van der Waals surface area contributed by atoms with E-state index >= 15 is 0 Å². The summed E-state index contributed by atoms with van der Waals surface area (Å²) in [6.45, 7) is 3.88. The summed E-state index contributed by atoms with van der Waals surface area (Å²) in [6.07, 6.45) is 0.952. The van der Waals surface area contributed by atoms with Gasteiger partial charge in [0.1, 0.15) is 17.3 Å². The number of benzene rings is 2. The zero-order valence-electron chi connectivity index (χ0n) is 14.1. The Morgan fingerprint density at radius 3 is 2.20 bits per heavy atom. The molecule has 3 rings (SSSR count). The van der Waals surface area contributed by atoms with E-state index in [1.165, 1.54) is 12.1 Å². The third-order valence-corrected chi connectivity index (χ3v) is 5.17. The molecule has 1 aliphatic rings. The van der Waals surface area contributed by atoms with E-state index in [1.807, 2.05) is 32.0 Å². The van der Waals surface area contributed by atoms with E-state index in [0.29, 0.717) is 22.3 Å². The van der Waals surface area contributed by atoms with Gasteiger partial charge >= 0.3 is 5.97 Å². The standard InChI is InChI=1S/C19H17FO4S/c1-11-6-12(2)8-14(7-11)18-15(10-24-19(18)21)13-4-5-17(16(20)9-13)25(3,22)23/h4-9H,10H2,1-3H3. The number of aryl methyl sites for hydroxylation is 2. The average molecular weight is 360 g/mol. The van der Waals surface area contributed by atoms with Crippen molar-refractivity contribution < 1.29 is 22.3 Å². The Morgan fingerprint density at radius 1 is 1.00 bits per heavy atom. The molecule has 0 amide bonds. The van der Waals surface area contributed by atoms with Crippen LogP contribution in [0.1, 0.15) is 22.3 Å². The maximum absolute atomic E-state index is 14.2. The van der Waals surface area contributed by atoms with Gasteiger partial charge in [0.25, 0.3) is 0 Å². The molecule has 0 radical (unpaired) electrons. The highest BCUT2D eigenvalue weighted by Gasteiger charge is 2.28. The summed E-state index contributed by atoms with van der Waals surface area (Å²) in [5.74, 6) is -1.31. The highest BCUT2D eigenvalue weighted by atomic mass is 32.2. The molecule has 0 saturated heterocycles. The first-order valence-corrected chi connectivity index (χ1v) is 9.55. The minimum Gasteiger partial charge on any atom is -0.457 e. The Labute approximate surface area is 145 Å². The van der Waals surface area contributed by atoms with Crippen molar-refractivity contribution in [3.05, 3.63) is 64.5 Å². The molecule has 0 unspecified atom stereocenters. The van der Waals surface area contributed by atoms with E-state index in [-0.39, 0.29) is 11.5 Å². The smallest absolute Gasteiger partial charge is 0.339 e. The summed E-state index contributed by atoms with van der Waals surface area (Å²) in [4.78, 5) is 11.9. The number of carbonyl (C=O) groups excluding carboxylic acids is 1. The molecule has 0 N–H and O–H groups in total. The highest BCUT2D eigenvalue weighted by molar-refractivity contribution is 7.90. The summed E-state index contributed by atoms with van der Waals surface area (Å²) in [6, 6.07) is 9.58. The molecule has 25 heavy (non-hydrogen) atoms. The number of rotatable bonds is 3. The Bertz CT molecular complexity index is 999. The van der Waals surface area contributed by atoms with Gasteiger partial charge in [-0.1, -0.05) is 35.4 Å². The van der Waals surface area contributed by atoms with Crippen LogP contribution in [0.15, 0.2) is 41.3 Å². The quantitative estimate of drug-likeness (QED) is 0.788. The molecule has 1 aliphatic heterocycles. The van der Waals surface area contributed by atoms with Crippen LogP contribution in [0.25, 0.3) is 11.1 Å². The van der Waals surface area contributed by atoms with E-state index in [2.05, 4.69) is 0 Å². The third-order valence-electron chi connectivity index (χ3n) is 4.04. The Morgan fingerprint density at radius 2 is 1.64 bits per heavy atom. The van der Waals surface area contributed by atoms with Crippen LogP contribution >= 0.6 is 0 Å². The van der Waals surface area contributed by atoms with Crippen LogP contribution in [0.4, 0.5) is 4.39 Å². The number of esters is 1. The molecule has 0 saturated carbocycles. The molecule has 0 spiro atoms. The van der Waals surface area contributed by atoms with Crippen LogP contribution in [0.2, 0.25) is 0 Å². The van der Waals surface area contributed by atoms with Gasteiger partial charge in [0, 0.05) is 11.8 Å². The van der Waals surface area contributed by atoms with E-state index in [1.54, 1.807) is 0 Å². The first-order chi connectivity index (χ1) is 11.7. The molecule has 130 valence electrons. The second-order valence-electron chi connectivity index (χ2n) is 6.22. The fraction of sp³-hybridized carbons (Fsp3) is 0.211. The monoisotopic (exact) mass is 360 g/mol.